The Morgan fingerprint density at radius 3 is 2.02 bits per heavy atom. The van der Waals surface area contributed by atoms with Crippen LogP contribution in [0, 0.1) is 0 Å². The highest BCUT2D eigenvalue weighted by Gasteiger charge is 2.17. The van der Waals surface area contributed by atoms with E-state index in [1.54, 1.807) is 43.2 Å². The number of esters is 1. The molecule has 15 heteroatoms. The number of nitrogen functional groups attached to an aromatic ring is 1. The van der Waals surface area contributed by atoms with E-state index in [1.165, 1.54) is 23.8 Å². The molecule has 4 aromatic carbocycles. The zero-order chi connectivity index (χ0) is 43.2. The molecule has 14 nitrogen and oxygen atoms in total. The minimum absolute atomic E-state index is 0.173. The molecule has 9 aromatic rings. The van der Waals surface area contributed by atoms with Gasteiger partial charge in [-0.25, -0.2) is 13.2 Å². The van der Waals surface area contributed by atoms with E-state index in [-0.39, 0.29) is 10.9 Å². The zero-order valence-corrected chi connectivity index (χ0v) is 35.0. The molecule has 9 rings (SSSR count). The summed E-state index contributed by atoms with van der Waals surface area (Å²) < 4.78 is 31.7. The van der Waals surface area contributed by atoms with Gasteiger partial charge in [0, 0.05) is 90.4 Å². The third kappa shape index (κ3) is 9.02. The number of ether oxygens (including phenoxy) is 1. The normalized spacial score (nSPS) is 11.3. The van der Waals surface area contributed by atoms with Gasteiger partial charge in [0.2, 0.25) is 0 Å². The smallest absolute Gasteiger partial charge is 0.340 e. The number of pyridine rings is 2. The third-order valence-corrected chi connectivity index (χ3v) is 11.2. The van der Waals surface area contributed by atoms with Crippen molar-refractivity contribution in [2.75, 3.05) is 29.2 Å². The van der Waals surface area contributed by atoms with Crippen LogP contribution in [0.25, 0.3) is 55.2 Å². The Bertz CT molecular complexity index is 3210. The number of carbonyl (C=O) groups excluding carboxylic acids is 1. The number of nitrogens with two attached hydrogens (primary N) is 1. The van der Waals surface area contributed by atoms with Gasteiger partial charge in [0.1, 0.15) is 0 Å². The molecule has 0 saturated carbocycles. The van der Waals surface area contributed by atoms with Crippen LogP contribution >= 0.6 is 0 Å². The van der Waals surface area contributed by atoms with Gasteiger partial charge in [-0.1, -0.05) is 37.6 Å². The van der Waals surface area contributed by atoms with Crippen LogP contribution in [0.5, 0.6) is 0 Å². The molecule has 0 atom stereocenters. The van der Waals surface area contributed by atoms with Crippen LogP contribution < -0.4 is 16.4 Å². The number of hydrogen-bond donors (Lipinski definition) is 3. The summed E-state index contributed by atoms with van der Waals surface area (Å²) in [4.78, 5) is 39.0. The van der Waals surface area contributed by atoms with Gasteiger partial charge in [-0.2, -0.15) is 0 Å². The largest absolute Gasteiger partial charge is 0.462 e. The second-order valence-electron chi connectivity index (χ2n) is 14.5. The van der Waals surface area contributed by atoms with Crippen LogP contribution in [0.15, 0.2) is 146 Å². The molecule has 0 aliphatic carbocycles. The molecular weight excluding hydrogens is 801 g/mol. The lowest BCUT2D eigenvalue weighted by Gasteiger charge is -2.14. The van der Waals surface area contributed by atoms with Crippen LogP contribution in [0.1, 0.15) is 30.1 Å². The van der Waals surface area contributed by atoms with Crippen molar-refractivity contribution in [2.24, 2.45) is 7.05 Å². The number of nitrogens with zero attached hydrogens (tertiary/aromatic N) is 7. The van der Waals surface area contributed by atoms with Crippen molar-refractivity contribution in [1.29, 1.82) is 0 Å². The Morgan fingerprint density at radius 2 is 1.35 bits per heavy atom. The summed E-state index contributed by atoms with van der Waals surface area (Å²) in [6, 6.07) is 26.7. The molecule has 0 aliphatic rings. The van der Waals surface area contributed by atoms with Crippen molar-refractivity contribution in [3.8, 4) is 22.3 Å². The molecule has 5 aromatic heterocycles. The van der Waals surface area contributed by atoms with Crippen LogP contribution in [-0.4, -0.2) is 61.7 Å². The number of unbranched alkanes of at least 4 members (excludes halogenated alkanes) is 1. The van der Waals surface area contributed by atoms with Gasteiger partial charge in [0.25, 0.3) is 0 Å². The first-order valence-electron chi connectivity index (χ1n) is 19.8. The fourth-order valence-electron chi connectivity index (χ4n) is 7.04. The Labute approximate surface area is 357 Å². The van der Waals surface area contributed by atoms with E-state index in [4.69, 9.17) is 10.5 Å². The number of rotatable bonds is 11. The fourth-order valence-corrected chi connectivity index (χ4v) is 7.85. The molecule has 0 radical (unpaired) electrons. The lowest BCUT2D eigenvalue weighted by Crippen LogP contribution is -2.09. The minimum atomic E-state index is -3.41. The molecule has 0 bridgehead atoms. The topological polar surface area (TPSA) is 193 Å². The van der Waals surface area contributed by atoms with Gasteiger partial charge in [0.15, 0.2) is 9.84 Å². The van der Waals surface area contributed by atoms with E-state index < -0.39 is 9.84 Å². The summed E-state index contributed by atoms with van der Waals surface area (Å²) in [6.07, 6.45) is 17.8. The molecule has 4 N–H and O–H groups in total. The van der Waals surface area contributed by atoms with E-state index in [0.717, 1.165) is 69.1 Å². The van der Waals surface area contributed by atoms with Gasteiger partial charge in [-0.05, 0) is 83.6 Å². The van der Waals surface area contributed by atoms with Crippen molar-refractivity contribution in [3.05, 3.63) is 146 Å². The number of fused-ring (bicyclic) bond motifs is 3. The first-order valence-corrected chi connectivity index (χ1v) is 21.6. The highest BCUT2D eigenvalue weighted by molar-refractivity contribution is 7.90. The van der Waals surface area contributed by atoms with Crippen LogP contribution in [0.4, 0.5) is 28.4 Å². The van der Waals surface area contributed by atoms with E-state index >= 15 is 0 Å². The average molecular weight is 843 g/mol. The fraction of sp³-hybridized carbons (Fsp3) is 0.128. The van der Waals surface area contributed by atoms with Crippen molar-refractivity contribution < 1.29 is 17.9 Å². The Hall–Kier alpha value is -7.78. The predicted octanol–water partition coefficient (Wildman–Crippen LogP) is 9.31. The summed E-state index contributed by atoms with van der Waals surface area (Å²) in [7, 11) is -1.38. The van der Waals surface area contributed by atoms with E-state index in [1.807, 2.05) is 61.8 Å². The Morgan fingerprint density at radius 1 is 0.726 bits per heavy atom. The van der Waals surface area contributed by atoms with Crippen molar-refractivity contribution in [2.45, 2.75) is 24.7 Å². The predicted molar refractivity (Wildman–Crippen MR) is 244 cm³/mol. The molecule has 0 saturated heterocycles. The number of carbonyl (C=O) groups is 1. The summed E-state index contributed by atoms with van der Waals surface area (Å²) in [5, 5.41) is 7.69. The summed E-state index contributed by atoms with van der Waals surface area (Å²) in [6.45, 7) is 2.46. The van der Waals surface area contributed by atoms with Crippen LogP contribution in [-0.2, 0) is 21.6 Å². The Kier molecular flexibility index (Phi) is 11.8. The maximum Gasteiger partial charge on any atom is 0.340 e. The van der Waals surface area contributed by atoms with Crippen molar-refractivity contribution in [3.63, 3.8) is 0 Å². The van der Waals surface area contributed by atoms with Crippen molar-refractivity contribution in [1.82, 2.24) is 34.5 Å². The number of anilines is 5. The summed E-state index contributed by atoms with van der Waals surface area (Å²) in [5.41, 5.74) is 17.3. The van der Waals surface area contributed by atoms with Gasteiger partial charge in [-0.3, -0.25) is 29.9 Å². The molecule has 310 valence electrons. The molecule has 5 heterocycles. The minimum Gasteiger partial charge on any atom is -0.462 e. The summed E-state index contributed by atoms with van der Waals surface area (Å²) in [5.74, 6) is -0.367. The van der Waals surface area contributed by atoms with E-state index in [9.17, 15) is 13.2 Å². The van der Waals surface area contributed by atoms with E-state index in [2.05, 4.69) is 76.3 Å². The Balaban J connectivity index is 0.000000174. The maximum atomic E-state index is 12.6. The molecule has 0 spiro atoms. The maximum absolute atomic E-state index is 12.6. The zero-order valence-electron chi connectivity index (χ0n) is 34.1. The summed E-state index contributed by atoms with van der Waals surface area (Å²) >= 11 is 0. The van der Waals surface area contributed by atoms with Gasteiger partial charge in [0.05, 0.1) is 62.9 Å². The number of benzene rings is 4. The number of nitrogens with one attached hydrogen (secondary N) is 2. The highest BCUT2D eigenvalue weighted by Crippen LogP contribution is 2.35. The van der Waals surface area contributed by atoms with Crippen LogP contribution in [0.3, 0.4) is 0 Å². The van der Waals surface area contributed by atoms with Crippen molar-refractivity contribution >= 4 is 77.2 Å². The number of sulfone groups is 1. The standard InChI is InChI=1S/C27H25N5O2.C20H17N5O2S/c1-3-4-13-34-27(33)21-7-9-28-17-24(21)31-20-15-22(26-23(16-20)29-10-11-30-26)19-6-5-18-8-12-32(2)25(18)14-19;1-28(26,27)19-5-6-22-12-18(19)25-15-10-16(13-3-2-4-14(21)9-13)20-17(11-15)23-7-8-24-20/h5-12,14-17,31H,3-4,13H2,1-2H3;2-12,25H,21H2,1H3. The van der Waals surface area contributed by atoms with Crippen LogP contribution in [0.2, 0.25) is 0 Å². The molecular formula is C47H42N10O4S. The van der Waals surface area contributed by atoms with Gasteiger partial charge >= 0.3 is 5.97 Å². The number of aryl methyl sites for hydroxylation is 1. The van der Waals surface area contributed by atoms with E-state index in [0.29, 0.717) is 40.4 Å². The molecule has 62 heavy (non-hydrogen) atoms. The average Bonchev–Trinajstić information content (AvgIpc) is 3.65. The quantitative estimate of drug-likeness (QED) is 0.0634. The second-order valence-corrected chi connectivity index (χ2v) is 16.5. The number of hydrogen-bond acceptors (Lipinski definition) is 13. The number of aromatic nitrogens is 7. The third-order valence-electron chi connectivity index (χ3n) is 10.1. The molecule has 0 amide bonds. The molecule has 0 unspecified atom stereocenters. The lowest BCUT2D eigenvalue weighted by atomic mass is 10.0. The SMILES string of the molecule is CCCCOC(=O)c1ccncc1Nc1cc(-c2ccc3ccn(C)c3c2)c2nccnc2c1.CS(=O)(=O)c1ccncc1Nc1cc(-c2cccc(N)c2)c2nccnc2c1. The second kappa shape index (κ2) is 17.8. The lowest BCUT2D eigenvalue weighted by molar-refractivity contribution is 0.0500. The first kappa shape index (κ1) is 41.0. The molecule has 0 fully saturated rings. The monoisotopic (exact) mass is 842 g/mol. The first-order chi connectivity index (χ1) is 30.1. The van der Waals surface area contributed by atoms with Gasteiger partial charge < -0.3 is 25.7 Å². The van der Waals surface area contributed by atoms with Gasteiger partial charge in [-0.15, -0.1) is 0 Å². The highest BCUT2D eigenvalue weighted by atomic mass is 32.2. The molecule has 0 aliphatic heterocycles.